The molecule has 1 saturated heterocycles. The van der Waals surface area contributed by atoms with Crippen molar-refractivity contribution in [2.75, 3.05) is 14.2 Å². The maximum Gasteiger partial charge on any atom is 0.309 e. The number of carbonyl (C=O) groups excluding carboxylic acids is 2. The number of hydrogen-bond donors (Lipinski definition) is 1. The zero-order valence-corrected chi connectivity index (χ0v) is 17.2. The van der Waals surface area contributed by atoms with Crippen LogP contribution < -0.4 is 0 Å². The lowest BCUT2D eigenvalue weighted by atomic mass is 9.42. The molecule has 1 spiro atoms. The van der Waals surface area contributed by atoms with Gasteiger partial charge in [-0.1, -0.05) is 6.92 Å². The molecular formula is C22H32O6. The average Bonchev–Trinajstić information content (AvgIpc) is 3.13. The van der Waals surface area contributed by atoms with Gasteiger partial charge in [0.1, 0.15) is 5.78 Å². The highest BCUT2D eigenvalue weighted by Gasteiger charge is 2.79. The SMILES string of the molecule is COC(=O)[C@H]1CC[C@@H]2[C@]1(C)CC[C@H]1[C@@]23CC[C@]2(O)CC(=O)CC[C@]12[C@H](OC)O3. The molecule has 28 heavy (non-hydrogen) atoms. The lowest BCUT2D eigenvalue weighted by Crippen LogP contribution is -2.67. The van der Waals surface area contributed by atoms with Crippen LogP contribution in [0.4, 0.5) is 0 Å². The smallest absolute Gasteiger partial charge is 0.309 e. The van der Waals surface area contributed by atoms with E-state index in [1.54, 1.807) is 7.11 Å². The molecule has 1 aliphatic heterocycles. The molecule has 4 aliphatic carbocycles. The summed E-state index contributed by atoms with van der Waals surface area (Å²) in [6.07, 6.45) is 5.76. The highest BCUT2D eigenvalue weighted by atomic mass is 16.7. The molecule has 5 rings (SSSR count). The van der Waals surface area contributed by atoms with Crippen LogP contribution in [0.3, 0.4) is 0 Å². The van der Waals surface area contributed by atoms with Gasteiger partial charge in [-0.2, -0.15) is 0 Å². The predicted octanol–water partition coefficient (Wildman–Crippen LogP) is 2.61. The van der Waals surface area contributed by atoms with Gasteiger partial charge in [0.15, 0.2) is 6.29 Å². The lowest BCUT2D eigenvalue weighted by molar-refractivity contribution is -0.225. The van der Waals surface area contributed by atoms with Crippen LogP contribution in [0.1, 0.15) is 64.7 Å². The van der Waals surface area contributed by atoms with Gasteiger partial charge in [-0.3, -0.25) is 9.59 Å². The number of rotatable bonds is 2. The van der Waals surface area contributed by atoms with E-state index < -0.39 is 17.3 Å². The Balaban J connectivity index is 1.60. The van der Waals surface area contributed by atoms with Crippen molar-refractivity contribution in [3.8, 4) is 0 Å². The normalized spacial score (nSPS) is 54.6. The van der Waals surface area contributed by atoms with Gasteiger partial charge in [0, 0.05) is 25.9 Å². The second-order valence-corrected chi connectivity index (χ2v) is 10.2. The van der Waals surface area contributed by atoms with Crippen molar-refractivity contribution in [2.45, 2.75) is 82.2 Å². The van der Waals surface area contributed by atoms with E-state index in [1.165, 1.54) is 7.11 Å². The van der Waals surface area contributed by atoms with Crippen molar-refractivity contribution >= 4 is 11.8 Å². The number of carbonyl (C=O) groups is 2. The summed E-state index contributed by atoms with van der Waals surface area (Å²) in [5.41, 5.74) is -2.07. The molecule has 2 bridgehead atoms. The number of hydrogen-bond acceptors (Lipinski definition) is 6. The second kappa shape index (κ2) is 5.79. The Morgan fingerprint density at radius 1 is 1.11 bits per heavy atom. The third-order valence-corrected chi connectivity index (χ3v) is 9.66. The Bertz CT molecular complexity index is 722. The van der Waals surface area contributed by atoms with Crippen LogP contribution in [-0.2, 0) is 23.8 Å². The van der Waals surface area contributed by atoms with E-state index in [4.69, 9.17) is 14.2 Å². The summed E-state index contributed by atoms with van der Waals surface area (Å²) in [6.45, 7) is 2.23. The molecule has 1 heterocycles. The van der Waals surface area contributed by atoms with E-state index in [9.17, 15) is 14.7 Å². The maximum atomic E-state index is 12.5. The van der Waals surface area contributed by atoms with Gasteiger partial charge in [0.25, 0.3) is 0 Å². The molecule has 0 aromatic carbocycles. The summed E-state index contributed by atoms with van der Waals surface area (Å²) < 4.78 is 17.8. The first kappa shape index (κ1) is 19.0. The molecule has 4 saturated carbocycles. The van der Waals surface area contributed by atoms with Crippen LogP contribution in [0.5, 0.6) is 0 Å². The molecule has 0 amide bonds. The summed E-state index contributed by atoms with van der Waals surface area (Å²) in [5.74, 6) is 0.377. The third-order valence-electron chi connectivity index (χ3n) is 9.66. The maximum absolute atomic E-state index is 12.5. The van der Waals surface area contributed by atoms with Crippen LogP contribution in [-0.4, -0.2) is 48.6 Å². The first-order valence-electron chi connectivity index (χ1n) is 10.8. The van der Waals surface area contributed by atoms with E-state index in [2.05, 4.69) is 6.92 Å². The molecule has 0 aromatic rings. The monoisotopic (exact) mass is 392 g/mol. The molecule has 6 heteroatoms. The third kappa shape index (κ3) is 1.95. The highest BCUT2D eigenvalue weighted by molar-refractivity contribution is 5.81. The van der Waals surface area contributed by atoms with Gasteiger partial charge < -0.3 is 19.3 Å². The van der Waals surface area contributed by atoms with Gasteiger partial charge in [-0.15, -0.1) is 0 Å². The minimum absolute atomic E-state index is 0.0901. The molecule has 0 radical (unpaired) electrons. The fourth-order valence-corrected chi connectivity index (χ4v) is 8.57. The van der Waals surface area contributed by atoms with Crippen LogP contribution in [0.15, 0.2) is 0 Å². The van der Waals surface area contributed by atoms with Gasteiger partial charge >= 0.3 is 5.97 Å². The molecule has 156 valence electrons. The predicted molar refractivity (Wildman–Crippen MR) is 99.1 cm³/mol. The number of fused-ring (bicyclic) bond motifs is 1. The molecule has 6 nitrogen and oxygen atoms in total. The summed E-state index contributed by atoms with van der Waals surface area (Å²) >= 11 is 0. The first-order chi connectivity index (χ1) is 13.3. The summed E-state index contributed by atoms with van der Waals surface area (Å²) in [4.78, 5) is 24.7. The Labute approximate surface area is 166 Å². The zero-order chi connectivity index (χ0) is 19.9. The Morgan fingerprint density at radius 3 is 2.61 bits per heavy atom. The van der Waals surface area contributed by atoms with Gasteiger partial charge in [-0.05, 0) is 56.3 Å². The number of Topliss-reactive ketones (excluding diaryl/α,β-unsaturated/α-hetero) is 1. The van der Waals surface area contributed by atoms with Gasteiger partial charge in [0.05, 0.1) is 29.6 Å². The van der Waals surface area contributed by atoms with E-state index in [0.29, 0.717) is 19.3 Å². The molecular weight excluding hydrogens is 360 g/mol. The summed E-state index contributed by atoms with van der Waals surface area (Å²) in [7, 11) is 3.13. The van der Waals surface area contributed by atoms with Crippen molar-refractivity contribution in [1.82, 2.24) is 0 Å². The number of aliphatic hydroxyl groups is 1. The minimum Gasteiger partial charge on any atom is -0.469 e. The fraction of sp³-hybridized carbons (Fsp3) is 0.909. The molecule has 1 N–H and O–H groups in total. The van der Waals surface area contributed by atoms with Crippen LogP contribution in [0.25, 0.3) is 0 Å². The number of ketones is 1. The van der Waals surface area contributed by atoms with Crippen molar-refractivity contribution in [3.63, 3.8) is 0 Å². The lowest BCUT2D eigenvalue weighted by Gasteiger charge is -2.62. The quantitative estimate of drug-likeness (QED) is 0.728. The number of ether oxygens (including phenoxy) is 3. The van der Waals surface area contributed by atoms with E-state index in [0.717, 1.165) is 32.1 Å². The first-order valence-corrected chi connectivity index (χ1v) is 10.8. The van der Waals surface area contributed by atoms with Gasteiger partial charge in [-0.25, -0.2) is 0 Å². The molecule has 5 aliphatic rings. The molecule has 8 atom stereocenters. The average molecular weight is 392 g/mol. The van der Waals surface area contributed by atoms with Crippen LogP contribution in [0, 0.1) is 28.6 Å². The molecule has 0 aromatic heterocycles. The summed E-state index contributed by atoms with van der Waals surface area (Å²) in [6, 6.07) is 0. The van der Waals surface area contributed by atoms with Crippen molar-refractivity contribution < 1.29 is 28.9 Å². The van der Waals surface area contributed by atoms with Crippen molar-refractivity contribution in [3.05, 3.63) is 0 Å². The van der Waals surface area contributed by atoms with E-state index in [1.807, 2.05) is 0 Å². The minimum atomic E-state index is -1.04. The summed E-state index contributed by atoms with van der Waals surface area (Å²) in [5, 5.41) is 11.7. The second-order valence-electron chi connectivity index (χ2n) is 10.2. The number of methoxy groups -OCH3 is 2. The van der Waals surface area contributed by atoms with E-state index in [-0.39, 0.29) is 46.9 Å². The Kier molecular flexibility index (Phi) is 3.93. The standard InChI is InChI=1S/C22H32O6/c1-19-8-7-16-21-9-6-13(23)12-20(21,25)10-11-22(16,28-18(21)27-3)15(19)5-4-14(19)17(24)26-2/h14-16,18,25H,4-12H2,1-3H3/t14-,15-,16-,18-,19-,20+,21-,22-/m1/s1. The van der Waals surface area contributed by atoms with E-state index >= 15 is 0 Å². The van der Waals surface area contributed by atoms with Crippen molar-refractivity contribution in [2.24, 2.45) is 28.6 Å². The fourth-order valence-electron chi connectivity index (χ4n) is 8.57. The largest absolute Gasteiger partial charge is 0.469 e. The van der Waals surface area contributed by atoms with Gasteiger partial charge in [0.2, 0.25) is 0 Å². The number of esters is 1. The topological polar surface area (TPSA) is 82.1 Å². The molecule has 0 unspecified atom stereocenters. The van der Waals surface area contributed by atoms with Crippen molar-refractivity contribution in [1.29, 1.82) is 0 Å². The molecule has 5 fully saturated rings. The highest BCUT2D eigenvalue weighted by Crippen LogP contribution is 2.75. The zero-order valence-electron chi connectivity index (χ0n) is 17.2. The van der Waals surface area contributed by atoms with Crippen LogP contribution >= 0.6 is 0 Å². The Hall–Kier alpha value is -0.980. The van der Waals surface area contributed by atoms with Crippen LogP contribution in [0.2, 0.25) is 0 Å². The Morgan fingerprint density at radius 2 is 1.89 bits per heavy atom.